The molecule has 2 aliphatic rings. The molecule has 4 heteroatoms. The lowest BCUT2D eigenvalue weighted by Gasteiger charge is -2.36. The molecule has 1 heterocycles. The fourth-order valence-electron chi connectivity index (χ4n) is 3.93. The predicted octanol–water partition coefficient (Wildman–Crippen LogP) is 1.84. The monoisotopic (exact) mass is 295 g/mol. The van der Waals surface area contributed by atoms with Crippen molar-refractivity contribution in [2.45, 2.75) is 52.5 Å². The third kappa shape index (κ3) is 4.43. The van der Waals surface area contributed by atoms with Crippen LogP contribution in [-0.2, 0) is 4.79 Å². The van der Waals surface area contributed by atoms with Crippen LogP contribution in [0.25, 0.3) is 0 Å². The average molecular weight is 295 g/mol. The molecule has 0 aromatic rings. The van der Waals surface area contributed by atoms with E-state index in [0.29, 0.717) is 17.8 Å². The minimum atomic E-state index is 0.118. The van der Waals surface area contributed by atoms with Gasteiger partial charge in [-0.05, 0) is 63.1 Å². The Morgan fingerprint density at radius 2 is 1.86 bits per heavy atom. The van der Waals surface area contributed by atoms with E-state index in [1.54, 1.807) is 0 Å². The van der Waals surface area contributed by atoms with Crippen molar-refractivity contribution in [2.75, 3.05) is 26.2 Å². The van der Waals surface area contributed by atoms with Crippen molar-refractivity contribution in [2.24, 2.45) is 29.4 Å². The van der Waals surface area contributed by atoms with Gasteiger partial charge in [-0.1, -0.05) is 20.8 Å². The topological polar surface area (TPSA) is 58.4 Å². The first kappa shape index (κ1) is 16.8. The van der Waals surface area contributed by atoms with Gasteiger partial charge < -0.3 is 16.0 Å². The predicted molar refractivity (Wildman–Crippen MR) is 86.9 cm³/mol. The molecule has 0 aromatic heterocycles. The molecule has 0 bridgehead atoms. The maximum atomic E-state index is 12.4. The van der Waals surface area contributed by atoms with Gasteiger partial charge in [-0.3, -0.25) is 4.79 Å². The van der Waals surface area contributed by atoms with Crippen molar-refractivity contribution < 1.29 is 4.79 Å². The van der Waals surface area contributed by atoms with Crippen molar-refractivity contribution in [3.8, 4) is 0 Å². The molecule has 21 heavy (non-hydrogen) atoms. The number of likely N-dealkylation sites (tertiary alicyclic amines) is 1. The summed E-state index contributed by atoms with van der Waals surface area (Å²) in [6.45, 7) is 11.0. The summed E-state index contributed by atoms with van der Waals surface area (Å²) in [6.07, 6.45) is 4.35. The van der Waals surface area contributed by atoms with Crippen molar-refractivity contribution >= 4 is 5.91 Å². The van der Waals surface area contributed by atoms with E-state index in [9.17, 15) is 4.79 Å². The lowest BCUT2D eigenvalue weighted by Crippen LogP contribution is -2.46. The maximum absolute atomic E-state index is 12.4. The van der Waals surface area contributed by atoms with Crippen LogP contribution in [0.15, 0.2) is 0 Å². The van der Waals surface area contributed by atoms with Gasteiger partial charge in [-0.2, -0.15) is 0 Å². The maximum Gasteiger partial charge on any atom is 0.223 e. The first-order valence-electron chi connectivity index (χ1n) is 8.76. The lowest BCUT2D eigenvalue weighted by atomic mass is 9.72. The molecule has 4 unspecified atom stereocenters. The molecule has 2 fully saturated rings. The highest BCUT2D eigenvalue weighted by Gasteiger charge is 2.35. The van der Waals surface area contributed by atoms with E-state index in [1.165, 1.54) is 25.9 Å². The molecule has 4 nitrogen and oxygen atoms in total. The molecular formula is C17H33N3O. The summed E-state index contributed by atoms with van der Waals surface area (Å²) in [6, 6.07) is 0.185. The quantitative estimate of drug-likeness (QED) is 0.832. The number of nitrogens with two attached hydrogens (primary N) is 1. The number of hydrogen-bond donors (Lipinski definition) is 2. The van der Waals surface area contributed by atoms with Crippen LogP contribution in [0.4, 0.5) is 0 Å². The third-order valence-electron chi connectivity index (χ3n) is 5.74. The van der Waals surface area contributed by atoms with E-state index >= 15 is 0 Å². The fourth-order valence-corrected chi connectivity index (χ4v) is 3.93. The second kappa shape index (κ2) is 7.59. The number of nitrogens with zero attached hydrogens (tertiary/aromatic N) is 1. The Hall–Kier alpha value is -0.610. The van der Waals surface area contributed by atoms with Gasteiger partial charge in [-0.15, -0.1) is 0 Å². The zero-order valence-electron chi connectivity index (χ0n) is 14.0. The summed E-state index contributed by atoms with van der Waals surface area (Å²) in [4.78, 5) is 14.9. The largest absolute Gasteiger partial charge is 0.356 e. The number of carbonyl (C=O) groups is 1. The van der Waals surface area contributed by atoms with Crippen molar-refractivity contribution in [3.05, 3.63) is 0 Å². The zero-order chi connectivity index (χ0) is 15.4. The van der Waals surface area contributed by atoms with Gasteiger partial charge in [0.05, 0.1) is 0 Å². The van der Waals surface area contributed by atoms with Crippen LogP contribution < -0.4 is 11.1 Å². The Labute approximate surface area is 129 Å². The Balaban J connectivity index is 1.74. The minimum absolute atomic E-state index is 0.118. The number of piperidine rings is 1. The van der Waals surface area contributed by atoms with Crippen LogP contribution in [0.5, 0.6) is 0 Å². The van der Waals surface area contributed by atoms with Crippen LogP contribution >= 0.6 is 0 Å². The van der Waals surface area contributed by atoms with Crippen LogP contribution in [0.1, 0.15) is 46.5 Å². The zero-order valence-corrected chi connectivity index (χ0v) is 14.0. The molecule has 0 spiro atoms. The van der Waals surface area contributed by atoms with Gasteiger partial charge in [0.1, 0.15) is 0 Å². The molecule has 3 N–H and O–H groups in total. The van der Waals surface area contributed by atoms with Gasteiger partial charge in [0.25, 0.3) is 0 Å². The summed E-state index contributed by atoms with van der Waals surface area (Å²) >= 11 is 0. The number of rotatable bonds is 4. The van der Waals surface area contributed by atoms with Gasteiger partial charge in [-0.25, -0.2) is 0 Å². The number of carbonyl (C=O) groups excluding carboxylic acids is 1. The van der Waals surface area contributed by atoms with Crippen molar-refractivity contribution in [3.63, 3.8) is 0 Å². The standard InChI is InChI=1S/C17H33N3O/c1-4-20-7-5-14(6-8-20)11-19-17(21)15-10-16(18)13(3)9-12(15)2/h12-16H,4-11,18H2,1-3H3,(H,19,21). The van der Waals surface area contributed by atoms with Crippen LogP contribution in [0, 0.1) is 23.7 Å². The fraction of sp³-hybridized carbons (Fsp3) is 0.941. The summed E-state index contributed by atoms with van der Waals surface area (Å²) in [5, 5.41) is 3.21. The highest BCUT2D eigenvalue weighted by atomic mass is 16.1. The summed E-state index contributed by atoms with van der Waals surface area (Å²) in [5.74, 6) is 2.02. The van der Waals surface area contributed by atoms with Gasteiger partial charge in [0, 0.05) is 18.5 Å². The van der Waals surface area contributed by atoms with Gasteiger partial charge in [0.2, 0.25) is 5.91 Å². The van der Waals surface area contributed by atoms with Crippen molar-refractivity contribution in [1.82, 2.24) is 10.2 Å². The minimum Gasteiger partial charge on any atom is -0.356 e. The molecule has 0 aromatic carbocycles. The lowest BCUT2D eigenvalue weighted by molar-refractivity contribution is -0.128. The van der Waals surface area contributed by atoms with E-state index in [0.717, 1.165) is 25.9 Å². The Morgan fingerprint density at radius 3 is 2.48 bits per heavy atom. The molecule has 0 radical (unpaired) electrons. The first-order chi connectivity index (χ1) is 10.0. The number of hydrogen-bond acceptors (Lipinski definition) is 3. The van der Waals surface area contributed by atoms with Gasteiger partial charge >= 0.3 is 0 Å². The molecule has 1 aliphatic heterocycles. The first-order valence-corrected chi connectivity index (χ1v) is 8.76. The summed E-state index contributed by atoms with van der Waals surface area (Å²) in [7, 11) is 0. The molecule has 1 aliphatic carbocycles. The highest BCUT2D eigenvalue weighted by molar-refractivity contribution is 5.79. The van der Waals surface area contributed by atoms with E-state index in [1.807, 2.05) is 0 Å². The number of nitrogens with one attached hydrogen (secondary N) is 1. The average Bonchev–Trinajstić information content (AvgIpc) is 2.49. The Kier molecular flexibility index (Phi) is 6.06. The molecular weight excluding hydrogens is 262 g/mol. The smallest absolute Gasteiger partial charge is 0.223 e. The van der Waals surface area contributed by atoms with E-state index in [-0.39, 0.29) is 17.9 Å². The van der Waals surface area contributed by atoms with Crippen LogP contribution in [-0.4, -0.2) is 43.0 Å². The molecule has 2 rings (SSSR count). The van der Waals surface area contributed by atoms with E-state index in [2.05, 4.69) is 31.0 Å². The second-order valence-corrected chi connectivity index (χ2v) is 7.32. The molecule has 4 atom stereocenters. The summed E-state index contributed by atoms with van der Waals surface area (Å²) in [5.41, 5.74) is 6.15. The highest BCUT2D eigenvalue weighted by Crippen LogP contribution is 2.33. The SMILES string of the molecule is CCN1CCC(CNC(=O)C2CC(N)C(C)CC2C)CC1. The Morgan fingerprint density at radius 1 is 1.19 bits per heavy atom. The van der Waals surface area contributed by atoms with E-state index in [4.69, 9.17) is 5.73 Å². The van der Waals surface area contributed by atoms with E-state index < -0.39 is 0 Å². The normalized spacial score (nSPS) is 35.6. The number of amides is 1. The molecule has 1 saturated carbocycles. The van der Waals surface area contributed by atoms with Crippen LogP contribution in [0.2, 0.25) is 0 Å². The molecule has 1 saturated heterocycles. The molecule has 1 amide bonds. The second-order valence-electron chi connectivity index (χ2n) is 7.32. The third-order valence-corrected chi connectivity index (χ3v) is 5.74. The summed E-state index contributed by atoms with van der Waals surface area (Å²) < 4.78 is 0. The Bertz CT molecular complexity index is 339. The van der Waals surface area contributed by atoms with Gasteiger partial charge in [0.15, 0.2) is 0 Å². The van der Waals surface area contributed by atoms with Crippen LogP contribution in [0.3, 0.4) is 0 Å². The van der Waals surface area contributed by atoms with Crippen molar-refractivity contribution in [1.29, 1.82) is 0 Å². The molecule has 122 valence electrons.